The van der Waals surface area contributed by atoms with Gasteiger partial charge in [-0.3, -0.25) is 4.99 Å². The molecule has 0 amide bonds. The quantitative estimate of drug-likeness (QED) is 0.481. The van der Waals surface area contributed by atoms with Gasteiger partial charge in [0, 0.05) is 33.2 Å². The maximum atomic E-state index is 11.8. The van der Waals surface area contributed by atoms with Crippen molar-refractivity contribution in [3.8, 4) is 17.2 Å². The minimum atomic E-state index is -3.08. The Kier molecular flexibility index (Phi) is 7.55. The van der Waals surface area contributed by atoms with E-state index >= 15 is 0 Å². The molecule has 1 fully saturated rings. The van der Waals surface area contributed by atoms with Crippen molar-refractivity contribution in [2.75, 3.05) is 53.8 Å². The van der Waals surface area contributed by atoms with Crippen molar-refractivity contribution in [3.05, 3.63) is 17.7 Å². The van der Waals surface area contributed by atoms with E-state index in [0.717, 1.165) is 5.56 Å². The number of hydrogen-bond acceptors (Lipinski definition) is 6. The van der Waals surface area contributed by atoms with Gasteiger partial charge in [0.05, 0.1) is 27.1 Å². The molecule has 27 heavy (non-hydrogen) atoms. The highest BCUT2D eigenvalue weighted by Gasteiger charge is 2.27. The number of nitrogens with one attached hydrogen (secondary N) is 2. The van der Waals surface area contributed by atoms with Gasteiger partial charge in [0.1, 0.15) is 0 Å². The van der Waals surface area contributed by atoms with Crippen molar-refractivity contribution < 1.29 is 22.6 Å². The van der Waals surface area contributed by atoms with Gasteiger partial charge in [0.2, 0.25) is 15.8 Å². The van der Waals surface area contributed by atoms with E-state index < -0.39 is 10.0 Å². The standard InChI is InChI=1S/C17H28N4O5S/c1-18-17(19-6-8-21-7-5-9-27(21,22)23)20-12-13-10-14(24-2)16(26-4)15(11-13)25-3/h10-11H,5-9,12H2,1-4H3,(H2,18,19,20). The van der Waals surface area contributed by atoms with Crippen molar-refractivity contribution in [1.82, 2.24) is 14.9 Å². The van der Waals surface area contributed by atoms with Gasteiger partial charge in [-0.05, 0) is 24.1 Å². The fourth-order valence-corrected chi connectivity index (χ4v) is 4.41. The molecule has 0 saturated carbocycles. The van der Waals surface area contributed by atoms with Gasteiger partial charge in [-0.2, -0.15) is 0 Å². The van der Waals surface area contributed by atoms with E-state index in [1.807, 2.05) is 12.1 Å². The molecule has 1 saturated heterocycles. The van der Waals surface area contributed by atoms with Crippen LogP contribution in [0.1, 0.15) is 12.0 Å². The molecule has 152 valence electrons. The van der Waals surface area contributed by atoms with Gasteiger partial charge in [-0.25, -0.2) is 12.7 Å². The minimum Gasteiger partial charge on any atom is -0.493 e. The van der Waals surface area contributed by atoms with Gasteiger partial charge in [-0.1, -0.05) is 0 Å². The van der Waals surface area contributed by atoms with Crippen LogP contribution in [0.4, 0.5) is 0 Å². The number of rotatable bonds is 8. The monoisotopic (exact) mass is 400 g/mol. The Balaban J connectivity index is 1.92. The lowest BCUT2D eigenvalue weighted by Gasteiger charge is -2.17. The molecule has 0 unspecified atom stereocenters. The Bertz CT molecular complexity index is 742. The number of hydrogen-bond donors (Lipinski definition) is 2. The fourth-order valence-electron chi connectivity index (χ4n) is 2.89. The maximum Gasteiger partial charge on any atom is 0.214 e. The Morgan fingerprint density at radius 1 is 1.15 bits per heavy atom. The van der Waals surface area contributed by atoms with Crippen molar-refractivity contribution in [3.63, 3.8) is 0 Å². The molecular formula is C17H28N4O5S. The largest absolute Gasteiger partial charge is 0.493 e. The fraction of sp³-hybridized carbons (Fsp3) is 0.588. The zero-order valence-electron chi connectivity index (χ0n) is 16.2. The molecule has 1 aromatic carbocycles. The second-order valence-electron chi connectivity index (χ2n) is 5.95. The van der Waals surface area contributed by atoms with E-state index in [1.165, 1.54) is 4.31 Å². The number of benzene rings is 1. The maximum absolute atomic E-state index is 11.8. The minimum absolute atomic E-state index is 0.237. The van der Waals surface area contributed by atoms with E-state index in [1.54, 1.807) is 28.4 Å². The molecule has 1 heterocycles. The Morgan fingerprint density at radius 3 is 2.30 bits per heavy atom. The summed E-state index contributed by atoms with van der Waals surface area (Å²) < 4.78 is 41.1. The molecule has 1 aliphatic rings. The van der Waals surface area contributed by atoms with Crippen LogP contribution in [0.15, 0.2) is 17.1 Å². The van der Waals surface area contributed by atoms with Crippen LogP contribution in [-0.4, -0.2) is 72.4 Å². The zero-order chi connectivity index (χ0) is 19.9. The topological polar surface area (TPSA) is 101 Å². The van der Waals surface area contributed by atoms with Crippen LogP contribution in [0.25, 0.3) is 0 Å². The number of aliphatic imine (C=N–C) groups is 1. The summed E-state index contributed by atoms with van der Waals surface area (Å²) in [6.45, 7) is 1.97. The lowest BCUT2D eigenvalue weighted by molar-refractivity contribution is 0.323. The Labute approximate surface area is 160 Å². The number of methoxy groups -OCH3 is 3. The average Bonchev–Trinajstić information content (AvgIpc) is 3.01. The summed E-state index contributed by atoms with van der Waals surface area (Å²) >= 11 is 0. The van der Waals surface area contributed by atoms with Crippen LogP contribution in [-0.2, 0) is 16.6 Å². The third kappa shape index (κ3) is 5.39. The summed E-state index contributed by atoms with van der Waals surface area (Å²) in [5, 5.41) is 6.32. The second kappa shape index (κ2) is 9.65. The summed E-state index contributed by atoms with van der Waals surface area (Å²) in [5.41, 5.74) is 0.926. The average molecular weight is 401 g/mol. The van der Waals surface area contributed by atoms with E-state index in [2.05, 4.69) is 15.6 Å². The Hall–Kier alpha value is -2.20. The van der Waals surface area contributed by atoms with Crippen molar-refractivity contribution in [2.24, 2.45) is 4.99 Å². The molecule has 9 nitrogen and oxygen atoms in total. The SMILES string of the molecule is CN=C(NCCN1CCCS1(=O)=O)NCc1cc(OC)c(OC)c(OC)c1. The van der Waals surface area contributed by atoms with Crippen LogP contribution < -0.4 is 24.8 Å². The van der Waals surface area contributed by atoms with E-state index in [4.69, 9.17) is 14.2 Å². The van der Waals surface area contributed by atoms with Gasteiger partial charge < -0.3 is 24.8 Å². The first-order valence-corrected chi connectivity index (χ1v) is 10.3. The van der Waals surface area contributed by atoms with E-state index in [-0.39, 0.29) is 5.75 Å². The highest BCUT2D eigenvalue weighted by atomic mass is 32.2. The summed E-state index contributed by atoms with van der Waals surface area (Å²) in [7, 11) is 3.29. The first kappa shape index (κ1) is 21.1. The van der Waals surface area contributed by atoms with Crippen LogP contribution in [0.3, 0.4) is 0 Å². The van der Waals surface area contributed by atoms with Crippen molar-refractivity contribution in [2.45, 2.75) is 13.0 Å². The molecule has 1 aromatic rings. The highest BCUT2D eigenvalue weighted by Crippen LogP contribution is 2.38. The van der Waals surface area contributed by atoms with E-state index in [9.17, 15) is 8.42 Å². The molecule has 0 atom stereocenters. The predicted molar refractivity (Wildman–Crippen MR) is 104 cm³/mol. The number of ether oxygens (including phenoxy) is 3. The third-order valence-electron chi connectivity index (χ3n) is 4.26. The van der Waals surface area contributed by atoms with Gasteiger partial charge in [0.15, 0.2) is 17.5 Å². The van der Waals surface area contributed by atoms with Crippen LogP contribution >= 0.6 is 0 Å². The number of sulfonamides is 1. The Morgan fingerprint density at radius 2 is 1.81 bits per heavy atom. The molecule has 10 heteroatoms. The molecular weight excluding hydrogens is 372 g/mol. The van der Waals surface area contributed by atoms with Crippen molar-refractivity contribution >= 4 is 16.0 Å². The van der Waals surface area contributed by atoms with Crippen LogP contribution in [0, 0.1) is 0 Å². The van der Waals surface area contributed by atoms with Crippen LogP contribution in [0.5, 0.6) is 17.2 Å². The van der Waals surface area contributed by atoms with Gasteiger partial charge >= 0.3 is 0 Å². The zero-order valence-corrected chi connectivity index (χ0v) is 17.1. The van der Waals surface area contributed by atoms with Gasteiger partial charge in [0.25, 0.3) is 0 Å². The summed E-state index contributed by atoms with van der Waals surface area (Å²) in [6, 6.07) is 3.72. The molecule has 0 bridgehead atoms. The van der Waals surface area contributed by atoms with Crippen LogP contribution in [0.2, 0.25) is 0 Å². The summed E-state index contributed by atoms with van der Waals surface area (Å²) in [4.78, 5) is 4.16. The van der Waals surface area contributed by atoms with Gasteiger partial charge in [-0.15, -0.1) is 0 Å². The number of guanidine groups is 1. The molecule has 0 aromatic heterocycles. The smallest absolute Gasteiger partial charge is 0.214 e. The van der Waals surface area contributed by atoms with Crippen molar-refractivity contribution in [1.29, 1.82) is 0 Å². The number of nitrogens with zero attached hydrogens (tertiary/aromatic N) is 2. The second-order valence-corrected chi connectivity index (χ2v) is 8.04. The predicted octanol–water partition coefficient (Wildman–Crippen LogP) is 0.413. The molecule has 0 spiro atoms. The normalized spacial score (nSPS) is 16.8. The lowest BCUT2D eigenvalue weighted by Crippen LogP contribution is -2.41. The third-order valence-corrected chi connectivity index (χ3v) is 6.22. The lowest BCUT2D eigenvalue weighted by atomic mass is 10.2. The molecule has 2 rings (SSSR count). The molecule has 2 N–H and O–H groups in total. The first-order valence-electron chi connectivity index (χ1n) is 8.66. The summed E-state index contributed by atoms with van der Waals surface area (Å²) in [6.07, 6.45) is 0.691. The first-order chi connectivity index (χ1) is 12.9. The molecule has 0 radical (unpaired) electrons. The highest BCUT2D eigenvalue weighted by molar-refractivity contribution is 7.89. The van der Waals surface area contributed by atoms with E-state index in [0.29, 0.717) is 55.8 Å². The summed E-state index contributed by atoms with van der Waals surface area (Å²) in [5.74, 6) is 2.52. The molecule has 0 aliphatic carbocycles. The molecule has 1 aliphatic heterocycles.